The van der Waals surface area contributed by atoms with Gasteiger partial charge in [0.2, 0.25) is 0 Å². The summed E-state index contributed by atoms with van der Waals surface area (Å²) in [7, 11) is 0. The van der Waals surface area contributed by atoms with Crippen LogP contribution in [-0.2, 0) is 4.74 Å². The number of aromatic nitrogens is 1. The first-order valence-electron chi connectivity index (χ1n) is 6.72. The molecule has 1 rings (SSSR count). The van der Waals surface area contributed by atoms with E-state index < -0.39 is 17.2 Å². The van der Waals surface area contributed by atoms with Gasteiger partial charge in [0.05, 0.1) is 16.7 Å². The standard InChI is InChI=1S/C14H25N3O2S/c1-10(11-7-20-9-16-11)15-8-14(5,6)17-12(18)19-13(2,3)4/h7,9-10,15H,8H2,1-6H3,(H,17,18). The molecule has 2 N–H and O–H groups in total. The number of ether oxygens (including phenoxy) is 1. The molecule has 5 nitrogen and oxygen atoms in total. The third kappa shape index (κ3) is 6.34. The Hall–Kier alpha value is -1.14. The minimum atomic E-state index is -0.485. The van der Waals surface area contributed by atoms with Crippen molar-refractivity contribution in [1.82, 2.24) is 15.6 Å². The first kappa shape index (κ1) is 16.9. The maximum atomic E-state index is 11.8. The largest absolute Gasteiger partial charge is 0.444 e. The van der Waals surface area contributed by atoms with E-state index >= 15 is 0 Å². The summed E-state index contributed by atoms with van der Waals surface area (Å²) in [6, 6.07) is 0.154. The van der Waals surface area contributed by atoms with E-state index in [1.807, 2.05) is 45.5 Å². The minimum Gasteiger partial charge on any atom is -0.444 e. The molecule has 0 aliphatic carbocycles. The van der Waals surface area contributed by atoms with Gasteiger partial charge in [-0.05, 0) is 41.5 Å². The molecular formula is C14H25N3O2S. The predicted molar refractivity (Wildman–Crippen MR) is 82.0 cm³/mol. The average molecular weight is 299 g/mol. The van der Waals surface area contributed by atoms with Crippen molar-refractivity contribution in [2.45, 2.75) is 58.7 Å². The highest BCUT2D eigenvalue weighted by Gasteiger charge is 2.25. The fourth-order valence-corrected chi connectivity index (χ4v) is 2.22. The lowest BCUT2D eigenvalue weighted by atomic mass is 10.1. The zero-order valence-electron chi connectivity index (χ0n) is 13.1. The number of hydrogen-bond acceptors (Lipinski definition) is 5. The summed E-state index contributed by atoms with van der Waals surface area (Å²) in [5, 5.41) is 8.26. The van der Waals surface area contributed by atoms with Crippen LogP contribution in [0.25, 0.3) is 0 Å². The van der Waals surface area contributed by atoms with E-state index in [1.165, 1.54) is 0 Å². The molecule has 1 aromatic rings. The van der Waals surface area contributed by atoms with E-state index in [2.05, 4.69) is 22.5 Å². The molecule has 0 aliphatic heterocycles. The fraction of sp³-hybridized carbons (Fsp3) is 0.714. The molecular weight excluding hydrogens is 274 g/mol. The van der Waals surface area contributed by atoms with Crippen LogP contribution in [0.3, 0.4) is 0 Å². The Bertz CT molecular complexity index is 424. The molecule has 0 radical (unpaired) electrons. The van der Waals surface area contributed by atoms with Gasteiger partial charge in [-0.3, -0.25) is 0 Å². The zero-order valence-corrected chi connectivity index (χ0v) is 13.9. The summed E-state index contributed by atoms with van der Waals surface area (Å²) < 4.78 is 5.26. The third-order valence-electron chi connectivity index (χ3n) is 2.58. The van der Waals surface area contributed by atoms with Crippen molar-refractivity contribution in [2.75, 3.05) is 6.54 Å². The maximum Gasteiger partial charge on any atom is 0.408 e. The van der Waals surface area contributed by atoms with Gasteiger partial charge in [0.15, 0.2) is 0 Å². The average Bonchev–Trinajstić information content (AvgIpc) is 2.75. The van der Waals surface area contributed by atoms with Gasteiger partial charge in [0, 0.05) is 18.0 Å². The van der Waals surface area contributed by atoms with Crippen LogP contribution in [0.1, 0.15) is 53.3 Å². The Labute approximate surface area is 125 Å². The molecule has 1 amide bonds. The summed E-state index contributed by atoms with van der Waals surface area (Å²) in [5.74, 6) is 0. The molecule has 1 unspecified atom stereocenters. The first-order chi connectivity index (χ1) is 9.09. The minimum absolute atomic E-state index is 0.154. The lowest BCUT2D eigenvalue weighted by Crippen LogP contribution is -2.51. The number of nitrogens with zero attached hydrogens (tertiary/aromatic N) is 1. The van der Waals surface area contributed by atoms with Crippen LogP contribution in [0.4, 0.5) is 4.79 Å². The second-order valence-electron chi connectivity index (χ2n) is 6.53. The van der Waals surface area contributed by atoms with Gasteiger partial charge in [-0.25, -0.2) is 9.78 Å². The van der Waals surface area contributed by atoms with Crippen LogP contribution in [0, 0.1) is 0 Å². The molecule has 0 bridgehead atoms. The molecule has 20 heavy (non-hydrogen) atoms. The molecule has 0 aliphatic rings. The quantitative estimate of drug-likeness (QED) is 0.877. The van der Waals surface area contributed by atoms with Gasteiger partial charge in [0.1, 0.15) is 5.60 Å². The Balaban J connectivity index is 2.43. The van der Waals surface area contributed by atoms with E-state index in [-0.39, 0.29) is 6.04 Å². The highest BCUT2D eigenvalue weighted by atomic mass is 32.1. The summed E-state index contributed by atoms with van der Waals surface area (Å²) in [4.78, 5) is 16.0. The first-order valence-corrected chi connectivity index (χ1v) is 7.66. The number of hydrogen-bond donors (Lipinski definition) is 2. The van der Waals surface area contributed by atoms with Crippen molar-refractivity contribution in [2.24, 2.45) is 0 Å². The van der Waals surface area contributed by atoms with Crippen LogP contribution in [0.2, 0.25) is 0 Å². The second kappa shape index (κ2) is 6.54. The molecule has 114 valence electrons. The topological polar surface area (TPSA) is 63.2 Å². The highest BCUT2D eigenvalue weighted by Crippen LogP contribution is 2.13. The number of rotatable bonds is 5. The van der Waals surface area contributed by atoms with E-state index in [4.69, 9.17) is 4.74 Å². The van der Waals surface area contributed by atoms with Crippen LogP contribution in [0.15, 0.2) is 10.9 Å². The molecule has 0 aromatic carbocycles. The van der Waals surface area contributed by atoms with E-state index in [0.29, 0.717) is 6.54 Å². The van der Waals surface area contributed by atoms with Crippen molar-refractivity contribution in [3.05, 3.63) is 16.6 Å². The van der Waals surface area contributed by atoms with Gasteiger partial charge in [-0.1, -0.05) is 0 Å². The number of nitrogens with one attached hydrogen (secondary N) is 2. The summed E-state index contributed by atoms with van der Waals surface area (Å²) in [6.07, 6.45) is -0.398. The van der Waals surface area contributed by atoms with Crippen molar-refractivity contribution >= 4 is 17.4 Å². The number of alkyl carbamates (subject to hydrolysis) is 1. The molecule has 1 heterocycles. The zero-order chi connectivity index (χ0) is 15.4. The van der Waals surface area contributed by atoms with E-state index in [1.54, 1.807) is 11.3 Å². The van der Waals surface area contributed by atoms with Gasteiger partial charge in [0.25, 0.3) is 0 Å². The lowest BCUT2D eigenvalue weighted by molar-refractivity contribution is 0.0471. The van der Waals surface area contributed by atoms with Crippen LogP contribution in [-0.4, -0.2) is 28.8 Å². The van der Waals surface area contributed by atoms with Crippen molar-refractivity contribution in [3.63, 3.8) is 0 Å². The lowest BCUT2D eigenvalue weighted by Gasteiger charge is -2.30. The number of amides is 1. The Kier molecular flexibility index (Phi) is 5.53. The monoisotopic (exact) mass is 299 g/mol. The molecule has 0 spiro atoms. The normalized spacial score (nSPS) is 13.9. The molecule has 0 saturated carbocycles. The summed E-state index contributed by atoms with van der Waals surface area (Å²) >= 11 is 1.58. The van der Waals surface area contributed by atoms with Crippen LogP contribution >= 0.6 is 11.3 Å². The number of thiazole rings is 1. The van der Waals surface area contributed by atoms with Gasteiger partial charge >= 0.3 is 6.09 Å². The Morgan fingerprint density at radius 3 is 2.55 bits per heavy atom. The molecule has 1 aromatic heterocycles. The molecule has 6 heteroatoms. The summed E-state index contributed by atoms with van der Waals surface area (Å²) in [6.45, 7) is 12.1. The molecule has 0 saturated heterocycles. The third-order valence-corrected chi connectivity index (χ3v) is 3.19. The van der Waals surface area contributed by atoms with Crippen LogP contribution < -0.4 is 10.6 Å². The number of carbonyl (C=O) groups excluding carboxylic acids is 1. The second-order valence-corrected chi connectivity index (χ2v) is 7.25. The SMILES string of the molecule is CC(NCC(C)(C)NC(=O)OC(C)(C)C)c1cscn1. The molecule has 0 fully saturated rings. The predicted octanol–water partition coefficient (Wildman–Crippen LogP) is 3.10. The van der Waals surface area contributed by atoms with Gasteiger partial charge in [-0.15, -0.1) is 11.3 Å². The van der Waals surface area contributed by atoms with E-state index in [9.17, 15) is 4.79 Å². The van der Waals surface area contributed by atoms with Gasteiger partial charge in [-0.2, -0.15) is 0 Å². The van der Waals surface area contributed by atoms with Crippen molar-refractivity contribution in [3.8, 4) is 0 Å². The molecule has 1 atom stereocenters. The Morgan fingerprint density at radius 2 is 2.05 bits per heavy atom. The van der Waals surface area contributed by atoms with Crippen molar-refractivity contribution < 1.29 is 9.53 Å². The van der Waals surface area contributed by atoms with Crippen molar-refractivity contribution in [1.29, 1.82) is 0 Å². The van der Waals surface area contributed by atoms with Gasteiger partial charge < -0.3 is 15.4 Å². The summed E-state index contributed by atoms with van der Waals surface area (Å²) in [5.41, 5.74) is 1.95. The fourth-order valence-electron chi connectivity index (χ4n) is 1.57. The Morgan fingerprint density at radius 1 is 1.40 bits per heavy atom. The maximum absolute atomic E-state index is 11.8. The van der Waals surface area contributed by atoms with E-state index in [0.717, 1.165) is 5.69 Å². The smallest absolute Gasteiger partial charge is 0.408 e. The van der Waals surface area contributed by atoms with Crippen LogP contribution in [0.5, 0.6) is 0 Å². The highest BCUT2D eigenvalue weighted by molar-refractivity contribution is 7.07. The number of carbonyl (C=O) groups is 1.